The van der Waals surface area contributed by atoms with Crippen molar-refractivity contribution in [1.29, 1.82) is 0 Å². The number of benzene rings is 1. The summed E-state index contributed by atoms with van der Waals surface area (Å²) in [5.41, 5.74) is 4.16. The van der Waals surface area contributed by atoms with Gasteiger partial charge in [0.1, 0.15) is 5.75 Å². The van der Waals surface area contributed by atoms with Crippen LogP contribution in [-0.2, 0) is 0 Å². The van der Waals surface area contributed by atoms with Gasteiger partial charge in [0.2, 0.25) is 5.28 Å². The number of ether oxygens (including phenoxy) is 1. The summed E-state index contributed by atoms with van der Waals surface area (Å²) in [5, 5.41) is 0.266. The smallest absolute Gasteiger partial charge is 0.222 e. The molecule has 0 fully saturated rings. The molecule has 5 heteroatoms. The molecular formula is C15H13ClN2OS. The SMILES string of the molecule is COc1cc(C)ccc1-c1c(C)sc2cnc(Cl)nc12. The maximum absolute atomic E-state index is 5.94. The second-order valence-corrected chi connectivity index (χ2v) is 6.18. The second kappa shape index (κ2) is 5.04. The van der Waals surface area contributed by atoms with Crippen LogP contribution in [0.15, 0.2) is 24.4 Å². The van der Waals surface area contributed by atoms with Gasteiger partial charge in [-0.2, -0.15) is 0 Å². The standard InChI is InChI=1S/C15H13ClN2OS/c1-8-4-5-10(11(6-8)19-3)13-9(2)20-12-7-17-15(16)18-14(12)13/h4-7H,1-3H3. The normalized spacial score (nSPS) is 11.0. The summed E-state index contributed by atoms with van der Waals surface area (Å²) < 4.78 is 6.54. The van der Waals surface area contributed by atoms with Gasteiger partial charge >= 0.3 is 0 Å². The number of fused-ring (bicyclic) bond motifs is 1. The van der Waals surface area contributed by atoms with Gasteiger partial charge < -0.3 is 4.74 Å². The zero-order valence-electron chi connectivity index (χ0n) is 11.4. The Morgan fingerprint density at radius 1 is 1.25 bits per heavy atom. The molecular weight excluding hydrogens is 292 g/mol. The van der Waals surface area contributed by atoms with Gasteiger partial charge in [0.25, 0.3) is 0 Å². The van der Waals surface area contributed by atoms with E-state index in [1.54, 1.807) is 24.6 Å². The molecule has 102 valence electrons. The Hall–Kier alpha value is -1.65. The number of aryl methyl sites for hydroxylation is 2. The maximum atomic E-state index is 5.94. The first kappa shape index (κ1) is 13.3. The first-order chi connectivity index (χ1) is 9.60. The highest BCUT2D eigenvalue weighted by Gasteiger charge is 2.17. The Bertz CT molecular complexity index is 798. The lowest BCUT2D eigenvalue weighted by molar-refractivity contribution is 0.416. The van der Waals surface area contributed by atoms with Crippen LogP contribution in [0.4, 0.5) is 0 Å². The van der Waals surface area contributed by atoms with Crippen LogP contribution in [0.5, 0.6) is 5.75 Å². The Balaban J connectivity index is 2.34. The number of thiophene rings is 1. The Morgan fingerprint density at radius 3 is 2.80 bits per heavy atom. The summed E-state index contributed by atoms with van der Waals surface area (Å²) in [5.74, 6) is 0.850. The van der Waals surface area contributed by atoms with Crippen LogP contribution >= 0.6 is 22.9 Å². The van der Waals surface area contributed by atoms with E-state index in [0.29, 0.717) is 0 Å². The second-order valence-electron chi connectivity index (χ2n) is 4.59. The predicted molar refractivity (Wildman–Crippen MR) is 83.9 cm³/mol. The summed E-state index contributed by atoms with van der Waals surface area (Å²) in [7, 11) is 1.68. The molecule has 0 bridgehead atoms. The zero-order chi connectivity index (χ0) is 14.3. The number of nitrogens with zero attached hydrogens (tertiary/aromatic N) is 2. The van der Waals surface area contributed by atoms with E-state index in [2.05, 4.69) is 29.0 Å². The lowest BCUT2D eigenvalue weighted by Gasteiger charge is -2.09. The third-order valence-electron chi connectivity index (χ3n) is 3.20. The van der Waals surface area contributed by atoms with Gasteiger partial charge in [0.05, 0.1) is 17.3 Å². The molecule has 0 aliphatic rings. The van der Waals surface area contributed by atoms with Crippen molar-refractivity contribution in [2.24, 2.45) is 0 Å². The fraction of sp³-hybridized carbons (Fsp3) is 0.200. The monoisotopic (exact) mass is 304 g/mol. The molecule has 3 nitrogen and oxygen atoms in total. The molecule has 0 radical (unpaired) electrons. The van der Waals surface area contributed by atoms with Gasteiger partial charge in [-0.1, -0.05) is 12.1 Å². The molecule has 0 spiro atoms. The van der Waals surface area contributed by atoms with Crippen molar-refractivity contribution in [3.8, 4) is 16.9 Å². The van der Waals surface area contributed by atoms with Gasteiger partial charge in [-0.25, -0.2) is 9.97 Å². The van der Waals surface area contributed by atoms with Crippen LogP contribution in [0.25, 0.3) is 21.3 Å². The minimum absolute atomic E-state index is 0.266. The van der Waals surface area contributed by atoms with E-state index >= 15 is 0 Å². The lowest BCUT2D eigenvalue weighted by atomic mass is 10.0. The van der Waals surface area contributed by atoms with Crippen LogP contribution < -0.4 is 4.74 Å². The minimum Gasteiger partial charge on any atom is -0.496 e. The number of hydrogen-bond donors (Lipinski definition) is 0. The molecule has 2 heterocycles. The molecule has 0 saturated heterocycles. The molecule has 1 aromatic carbocycles. The molecule has 20 heavy (non-hydrogen) atoms. The Morgan fingerprint density at radius 2 is 2.05 bits per heavy atom. The fourth-order valence-electron chi connectivity index (χ4n) is 2.31. The molecule has 0 aliphatic carbocycles. The number of methoxy groups -OCH3 is 1. The van der Waals surface area contributed by atoms with Crippen molar-refractivity contribution in [2.75, 3.05) is 7.11 Å². The third-order valence-corrected chi connectivity index (χ3v) is 4.42. The number of halogens is 1. The van der Waals surface area contributed by atoms with Crippen LogP contribution in [0.1, 0.15) is 10.4 Å². The van der Waals surface area contributed by atoms with Gasteiger partial charge in [-0.3, -0.25) is 0 Å². The summed E-state index contributed by atoms with van der Waals surface area (Å²) >= 11 is 7.60. The van der Waals surface area contributed by atoms with E-state index in [4.69, 9.17) is 16.3 Å². The van der Waals surface area contributed by atoms with E-state index in [1.165, 1.54) is 4.88 Å². The highest BCUT2D eigenvalue weighted by atomic mass is 35.5. The first-order valence-electron chi connectivity index (χ1n) is 6.17. The predicted octanol–water partition coefficient (Wildman–Crippen LogP) is 4.64. The molecule has 0 aliphatic heterocycles. The van der Waals surface area contributed by atoms with E-state index in [1.807, 2.05) is 13.0 Å². The van der Waals surface area contributed by atoms with Crippen LogP contribution in [-0.4, -0.2) is 17.1 Å². The molecule has 0 unspecified atom stereocenters. The number of rotatable bonds is 2. The number of hydrogen-bond acceptors (Lipinski definition) is 4. The number of aromatic nitrogens is 2. The summed E-state index contributed by atoms with van der Waals surface area (Å²) in [6.07, 6.45) is 1.77. The molecule has 2 aromatic heterocycles. The van der Waals surface area contributed by atoms with E-state index in [-0.39, 0.29) is 5.28 Å². The molecule has 3 aromatic rings. The molecule has 0 N–H and O–H groups in total. The maximum Gasteiger partial charge on any atom is 0.222 e. The summed E-state index contributed by atoms with van der Waals surface area (Å²) in [6.45, 7) is 4.12. The zero-order valence-corrected chi connectivity index (χ0v) is 13.0. The van der Waals surface area contributed by atoms with Crippen LogP contribution in [0.2, 0.25) is 5.28 Å². The van der Waals surface area contributed by atoms with Crippen molar-refractivity contribution >= 4 is 33.2 Å². The quantitative estimate of drug-likeness (QED) is 0.647. The topological polar surface area (TPSA) is 35.0 Å². The van der Waals surface area contributed by atoms with E-state index in [0.717, 1.165) is 32.7 Å². The van der Waals surface area contributed by atoms with Crippen molar-refractivity contribution < 1.29 is 4.74 Å². The van der Waals surface area contributed by atoms with E-state index in [9.17, 15) is 0 Å². The highest BCUT2D eigenvalue weighted by molar-refractivity contribution is 7.19. The average Bonchev–Trinajstić information content (AvgIpc) is 2.74. The van der Waals surface area contributed by atoms with Gasteiger partial charge in [0.15, 0.2) is 0 Å². The van der Waals surface area contributed by atoms with Gasteiger partial charge in [-0.05, 0) is 37.1 Å². The Labute approximate surface area is 126 Å². The fourth-order valence-corrected chi connectivity index (χ4v) is 3.43. The minimum atomic E-state index is 0.266. The Kier molecular flexibility index (Phi) is 3.36. The third kappa shape index (κ3) is 2.15. The van der Waals surface area contributed by atoms with Crippen molar-refractivity contribution in [1.82, 2.24) is 9.97 Å². The van der Waals surface area contributed by atoms with Gasteiger partial charge in [-0.15, -0.1) is 11.3 Å². The largest absolute Gasteiger partial charge is 0.496 e. The van der Waals surface area contributed by atoms with Crippen LogP contribution in [0, 0.1) is 13.8 Å². The van der Waals surface area contributed by atoms with Crippen molar-refractivity contribution in [2.45, 2.75) is 13.8 Å². The lowest BCUT2D eigenvalue weighted by Crippen LogP contribution is -1.90. The molecule has 0 amide bonds. The molecule has 0 atom stereocenters. The molecule has 3 rings (SSSR count). The van der Waals surface area contributed by atoms with Crippen LogP contribution in [0.3, 0.4) is 0 Å². The average molecular weight is 305 g/mol. The highest BCUT2D eigenvalue weighted by Crippen LogP contribution is 2.41. The first-order valence-corrected chi connectivity index (χ1v) is 7.36. The van der Waals surface area contributed by atoms with Crippen molar-refractivity contribution in [3.63, 3.8) is 0 Å². The van der Waals surface area contributed by atoms with Crippen molar-refractivity contribution in [3.05, 3.63) is 40.1 Å². The summed E-state index contributed by atoms with van der Waals surface area (Å²) in [6, 6.07) is 6.17. The van der Waals surface area contributed by atoms with Gasteiger partial charge in [0, 0.05) is 22.2 Å². The summed E-state index contributed by atoms with van der Waals surface area (Å²) in [4.78, 5) is 9.60. The van der Waals surface area contributed by atoms with E-state index < -0.39 is 0 Å². The molecule has 0 saturated carbocycles.